The lowest BCUT2D eigenvalue weighted by Gasteiger charge is -2.34. The second-order valence-corrected chi connectivity index (χ2v) is 4.65. The lowest BCUT2D eigenvalue weighted by molar-refractivity contribution is 0.312. The molecule has 21 heavy (non-hydrogen) atoms. The first-order chi connectivity index (χ1) is 10.3. The molecule has 2 heteroatoms. The number of rotatable bonds is 1. The van der Waals surface area contributed by atoms with Crippen LogP contribution in [0.3, 0.4) is 0 Å². The number of likely N-dealkylation sites (N-methyl/N-ethyl adjacent to an activating group) is 1. The average molecular weight is 290 g/mol. The van der Waals surface area contributed by atoms with Gasteiger partial charge in [-0.2, -0.15) is 0 Å². The van der Waals surface area contributed by atoms with Gasteiger partial charge in [-0.3, -0.25) is 0 Å². The van der Waals surface area contributed by atoms with Crippen molar-refractivity contribution in [3.8, 4) is 0 Å². The summed E-state index contributed by atoms with van der Waals surface area (Å²) in [4.78, 5) is 4.89. The van der Waals surface area contributed by atoms with Crippen LogP contribution in [0.1, 0.15) is 41.5 Å². The van der Waals surface area contributed by atoms with Crippen LogP contribution in [-0.4, -0.2) is 38.1 Å². The molecule has 1 aromatic carbocycles. The van der Waals surface area contributed by atoms with Gasteiger partial charge in [-0.15, -0.1) is 0 Å². The SMILES string of the molecule is C/C=c1/cccc(N2CCN(C)CC2)/c1=C/C.CC.CC. The van der Waals surface area contributed by atoms with Crippen LogP contribution in [0.4, 0.5) is 5.69 Å². The van der Waals surface area contributed by atoms with Crippen molar-refractivity contribution >= 4 is 17.8 Å². The quantitative estimate of drug-likeness (QED) is 0.784. The highest BCUT2D eigenvalue weighted by Crippen LogP contribution is 2.09. The van der Waals surface area contributed by atoms with Crippen LogP contribution in [0.25, 0.3) is 12.2 Å². The molecule has 1 aromatic rings. The summed E-state index contributed by atoms with van der Waals surface area (Å²) in [6, 6.07) is 6.60. The molecule has 1 aliphatic heterocycles. The van der Waals surface area contributed by atoms with E-state index in [1.54, 1.807) is 0 Å². The van der Waals surface area contributed by atoms with Crippen molar-refractivity contribution in [1.29, 1.82) is 0 Å². The van der Waals surface area contributed by atoms with E-state index in [4.69, 9.17) is 0 Å². The Morgan fingerprint density at radius 1 is 0.857 bits per heavy atom. The van der Waals surface area contributed by atoms with Crippen molar-refractivity contribution in [3.05, 3.63) is 28.6 Å². The Morgan fingerprint density at radius 3 is 1.90 bits per heavy atom. The van der Waals surface area contributed by atoms with Crippen LogP contribution in [0.15, 0.2) is 18.2 Å². The fourth-order valence-corrected chi connectivity index (χ4v) is 2.46. The molecule has 2 rings (SSSR count). The lowest BCUT2D eigenvalue weighted by atomic mass is 10.1. The van der Waals surface area contributed by atoms with Crippen molar-refractivity contribution in [2.24, 2.45) is 0 Å². The molecule has 0 unspecified atom stereocenters. The van der Waals surface area contributed by atoms with Gasteiger partial charge >= 0.3 is 0 Å². The third kappa shape index (κ3) is 5.55. The average Bonchev–Trinajstić information content (AvgIpc) is 2.58. The highest BCUT2D eigenvalue weighted by Gasteiger charge is 2.14. The zero-order valence-corrected chi connectivity index (χ0v) is 15.1. The molecule has 0 saturated carbocycles. The van der Waals surface area contributed by atoms with Crippen molar-refractivity contribution < 1.29 is 0 Å². The summed E-state index contributed by atoms with van der Waals surface area (Å²) in [6.45, 7) is 16.8. The van der Waals surface area contributed by atoms with E-state index in [0.29, 0.717) is 0 Å². The second kappa shape index (κ2) is 11.4. The molecule has 1 fully saturated rings. The molecular weight excluding hydrogens is 256 g/mol. The Balaban J connectivity index is 0.000000921. The maximum absolute atomic E-state index is 2.50. The summed E-state index contributed by atoms with van der Waals surface area (Å²) in [5.41, 5.74) is 1.39. The van der Waals surface area contributed by atoms with E-state index >= 15 is 0 Å². The zero-order chi connectivity index (χ0) is 16.3. The minimum atomic E-state index is 1.13. The normalized spacial score (nSPS) is 16.8. The molecule has 0 atom stereocenters. The van der Waals surface area contributed by atoms with E-state index in [0.717, 1.165) is 26.2 Å². The molecule has 0 radical (unpaired) electrons. The fraction of sp³-hybridized carbons (Fsp3) is 0.579. The first-order valence-electron chi connectivity index (χ1n) is 8.41. The van der Waals surface area contributed by atoms with E-state index in [1.807, 2.05) is 27.7 Å². The molecule has 120 valence electrons. The Kier molecular flexibility index (Phi) is 10.7. The molecule has 1 aliphatic rings. The first-order valence-corrected chi connectivity index (χ1v) is 8.41. The van der Waals surface area contributed by atoms with Gasteiger partial charge in [-0.1, -0.05) is 52.0 Å². The molecule has 0 bridgehead atoms. The van der Waals surface area contributed by atoms with Gasteiger partial charge in [0, 0.05) is 37.1 Å². The van der Waals surface area contributed by atoms with E-state index in [2.05, 4.69) is 61.0 Å². The van der Waals surface area contributed by atoms with Crippen LogP contribution in [-0.2, 0) is 0 Å². The molecule has 1 heterocycles. The number of nitrogens with zero attached hydrogens (tertiary/aromatic N) is 2. The highest BCUT2D eigenvalue weighted by molar-refractivity contribution is 5.53. The molecule has 2 nitrogen and oxygen atoms in total. The maximum atomic E-state index is 2.50. The Bertz CT molecular complexity index is 483. The monoisotopic (exact) mass is 290 g/mol. The largest absolute Gasteiger partial charge is 0.368 e. The fourth-order valence-electron chi connectivity index (χ4n) is 2.46. The van der Waals surface area contributed by atoms with Crippen molar-refractivity contribution in [3.63, 3.8) is 0 Å². The van der Waals surface area contributed by atoms with Crippen LogP contribution in [0, 0.1) is 0 Å². The van der Waals surface area contributed by atoms with E-state index in [9.17, 15) is 0 Å². The standard InChI is InChI=1S/C15H22N2.2C2H6/c1-4-13-7-6-8-15(14(13)5-2)17-11-9-16(3)10-12-17;2*1-2/h4-8H,9-12H2,1-3H3;2*1-2H3/b13-4-,14-5+;;. The van der Waals surface area contributed by atoms with Crippen LogP contribution >= 0.6 is 0 Å². The second-order valence-electron chi connectivity index (χ2n) is 4.65. The summed E-state index contributed by atoms with van der Waals surface area (Å²) in [6.07, 6.45) is 4.41. The summed E-state index contributed by atoms with van der Waals surface area (Å²) in [5.74, 6) is 0. The Morgan fingerprint density at radius 2 is 1.43 bits per heavy atom. The van der Waals surface area contributed by atoms with Gasteiger partial charge in [0.25, 0.3) is 0 Å². The molecule has 1 saturated heterocycles. The van der Waals surface area contributed by atoms with Crippen molar-refractivity contribution in [2.75, 3.05) is 38.1 Å². The van der Waals surface area contributed by atoms with Crippen LogP contribution < -0.4 is 15.3 Å². The third-order valence-corrected chi connectivity index (χ3v) is 3.56. The molecular formula is C19H34N2. The smallest absolute Gasteiger partial charge is 0.0443 e. The molecule has 0 spiro atoms. The van der Waals surface area contributed by atoms with Gasteiger partial charge in [0.05, 0.1) is 0 Å². The van der Waals surface area contributed by atoms with Crippen LogP contribution in [0.5, 0.6) is 0 Å². The summed E-state index contributed by atoms with van der Waals surface area (Å²) in [5, 5.41) is 2.71. The lowest BCUT2D eigenvalue weighted by Crippen LogP contribution is -2.47. The Labute approximate surface area is 131 Å². The summed E-state index contributed by atoms with van der Waals surface area (Å²) < 4.78 is 0. The number of hydrogen-bond acceptors (Lipinski definition) is 2. The number of benzene rings is 1. The maximum Gasteiger partial charge on any atom is 0.0443 e. The molecule has 0 N–H and O–H groups in total. The number of anilines is 1. The van der Waals surface area contributed by atoms with Gasteiger partial charge in [-0.05, 0) is 32.2 Å². The topological polar surface area (TPSA) is 6.48 Å². The van der Waals surface area contributed by atoms with Gasteiger partial charge < -0.3 is 9.80 Å². The summed E-state index contributed by atoms with van der Waals surface area (Å²) >= 11 is 0. The summed E-state index contributed by atoms with van der Waals surface area (Å²) in [7, 11) is 2.19. The van der Waals surface area contributed by atoms with Crippen molar-refractivity contribution in [1.82, 2.24) is 4.90 Å². The molecule has 0 aromatic heterocycles. The Hall–Kier alpha value is -1.28. The molecule has 0 aliphatic carbocycles. The highest BCUT2D eigenvalue weighted by atomic mass is 15.2. The van der Waals surface area contributed by atoms with Gasteiger partial charge in [-0.25, -0.2) is 0 Å². The van der Waals surface area contributed by atoms with Gasteiger partial charge in [0.2, 0.25) is 0 Å². The van der Waals surface area contributed by atoms with Crippen molar-refractivity contribution in [2.45, 2.75) is 41.5 Å². The van der Waals surface area contributed by atoms with Gasteiger partial charge in [0.1, 0.15) is 0 Å². The molecule has 0 amide bonds. The minimum absolute atomic E-state index is 1.13. The first kappa shape index (κ1) is 19.7. The van der Waals surface area contributed by atoms with E-state index in [1.165, 1.54) is 16.1 Å². The third-order valence-electron chi connectivity index (χ3n) is 3.56. The minimum Gasteiger partial charge on any atom is -0.368 e. The number of hydrogen-bond donors (Lipinski definition) is 0. The predicted octanol–water partition coefficient (Wildman–Crippen LogP) is 3.09. The van der Waals surface area contributed by atoms with E-state index < -0.39 is 0 Å². The number of piperazine rings is 1. The predicted molar refractivity (Wildman–Crippen MR) is 98.4 cm³/mol. The zero-order valence-electron chi connectivity index (χ0n) is 15.1. The van der Waals surface area contributed by atoms with E-state index in [-0.39, 0.29) is 0 Å². The van der Waals surface area contributed by atoms with Crippen LogP contribution in [0.2, 0.25) is 0 Å². The van der Waals surface area contributed by atoms with Gasteiger partial charge in [0.15, 0.2) is 0 Å².